The van der Waals surface area contributed by atoms with E-state index in [1.54, 1.807) is 6.92 Å². The predicted molar refractivity (Wildman–Crippen MR) is 112 cm³/mol. The zero-order valence-corrected chi connectivity index (χ0v) is 17.5. The molecular weight excluding hydrogens is 386 g/mol. The Morgan fingerprint density at radius 3 is 2.53 bits per heavy atom. The lowest BCUT2D eigenvalue weighted by atomic mass is 10.0. The largest absolute Gasteiger partial charge is 0.348 e. The average molecular weight is 412 g/mol. The summed E-state index contributed by atoms with van der Waals surface area (Å²) in [5.74, 6) is 0.0134. The van der Waals surface area contributed by atoms with Gasteiger partial charge in [0.15, 0.2) is 5.65 Å². The standard InChI is InChI=1S/C23H26F2N4O/c1-4-18(15-7-5-13(2)6-8-15)26-20(30)12-29-23-21(14(3)28-29)17(22(24)25)11-19(27-23)16-9-10-16/h5-8,11,16,18,22H,4,9-10,12H2,1-3H3,(H,26,30). The Hall–Kier alpha value is -2.83. The molecule has 1 saturated carbocycles. The lowest BCUT2D eigenvalue weighted by Crippen LogP contribution is -2.31. The van der Waals surface area contributed by atoms with E-state index in [1.165, 1.54) is 10.7 Å². The van der Waals surface area contributed by atoms with Gasteiger partial charge in [-0.3, -0.25) is 4.79 Å². The van der Waals surface area contributed by atoms with E-state index in [0.717, 1.165) is 30.4 Å². The highest BCUT2D eigenvalue weighted by atomic mass is 19.3. The highest BCUT2D eigenvalue weighted by Crippen LogP contribution is 2.41. The Balaban J connectivity index is 1.61. The lowest BCUT2D eigenvalue weighted by molar-refractivity contribution is -0.122. The molecule has 2 aromatic heterocycles. The van der Waals surface area contributed by atoms with Crippen molar-refractivity contribution in [2.45, 2.75) is 65.0 Å². The summed E-state index contributed by atoms with van der Waals surface area (Å²) in [4.78, 5) is 17.4. The molecule has 158 valence electrons. The number of halogens is 2. The highest BCUT2D eigenvalue weighted by molar-refractivity contribution is 5.85. The molecule has 2 heterocycles. The maximum Gasteiger partial charge on any atom is 0.264 e. The molecule has 0 saturated heterocycles. The van der Waals surface area contributed by atoms with Gasteiger partial charge in [-0.05, 0) is 44.7 Å². The summed E-state index contributed by atoms with van der Waals surface area (Å²) in [6.45, 7) is 5.65. The number of alkyl halides is 2. The van der Waals surface area contributed by atoms with Gasteiger partial charge in [0, 0.05) is 17.2 Å². The van der Waals surface area contributed by atoms with Crippen molar-refractivity contribution < 1.29 is 13.6 Å². The number of rotatable bonds is 7. The SMILES string of the molecule is CCC(NC(=O)Cn1nc(C)c2c(C(F)F)cc(C3CC3)nc21)c1ccc(C)cc1. The lowest BCUT2D eigenvalue weighted by Gasteiger charge is -2.18. The minimum Gasteiger partial charge on any atom is -0.348 e. The maximum atomic E-state index is 13.7. The van der Waals surface area contributed by atoms with Crippen LogP contribution in [0, 0.1) is 13.8 Å². The number of fused-ring (bicyclic) bond motifs is 1. The third-order valence-corrected chi connectivity index (χ3v) is 5.67. The van der Waals surface area contributed by atoms with Gasteiger partial charge in [-0.25, -0.2) is 18.4 Å². The fourth-order valence-electron chi connectivity index (χ4n) is 3.87. The van der Waals surface area contributed by atoms with Crippen molar-refractivity contribution in [1.29, 1.82) is 0 Å². The zero-order chi connectivity index (χ0) is 21.4. The van der Waals surface area contributed by atoms with Gasteiger partial charge in [0.25, 0.3) is 6.43 Å². The van der Waals surface area contributed by atoms with Crippen LogP contribution in [0.2, 0.25) is 0 Å². The van der Waals surface area contributed by atoms with Crippen LogP contribution in [0.15, 0.2) is 30.3 Å². The van der Waals surface area contributed by atoms with E-state index in [0.29, 0.717) is 22.4 Å². The molecule has 5 nitrogen and oxygen atoms in total. The molecule has 1 aliphatic rings. The molecular formula is C23H26F2N4O. The van der Waals surface area contributed by atoms with Crippen LogP contribution in [-0.2, 0) is 11.3 Å². The van der Waals surface area contributed by atoms with Crippen LogP contribution in [0.25, 0.3) is 11.0 Å². The van der Waals surface area contributed by atoms with Crippen molar-refractivity contribution in [3.8, 4) is 0 Å². The number of pyridine rings is 1. The molecule has 0 bridgehead atoms. The Morgan fingerprint density at radius 2 is 1.93 bits per heavy atom. The second-order valence-electron chi connectivity index (χ2n) is 8.09. The van der Waals surface area contributed by atoms with Crippen molar-refractivity contribution in [2.75, 3.05) is 0 Å². The van der Waals surface area contributed by atoms with Crippen LogP contribution >= 0.6 is 0 Å². The molecule has 1 atom stereocenters. The number of carbonyl (C=O) groups is 1. The molecule has 1 aromatic carbocycles. The molecule has 3 aromatic rings. The van der Waals surface area contributed by atoms with E-state index in [9.17, 15) is 13.6 Å². The van der Waals surface area contributed by atoms with Crippen molar-refractivity contribution in [1.82, 2.24) is 20.1 Å². The summed E-state index contributed by atoms with van der Waals surface area (Å²) in [5, 5.41) is 7.76. The summed E-state index contributed by atoms with van der Waals surface area (Å²) in [6.07, 6.45) is 0.0598. The van der Waals surface area contributed by atoms with Crippen molar-refractivity contribution in [3.63, 3.8) is 0 Å². The fraction of sp³-hybridized carbons (Fsp3) is 0.435. The number of hydrogen-bond acceptors (Lipinski definition) is 3. The van der Waals surface area contributed by atoms with Crippen molar-refractivity contribution in [3.05, 3.63) is 58.4 Å². The Morgan fingerprint density at radius 1 is 1.23 bits per heavy atom. The molecule has 7 heteroatoms. The average Bonchev–Trinajstić information content (AvgIpc) is 3.52. The summed E-state index contributed by atoms with van der Waals surface area (Å²) in [5.41, 5.74) is 3.65. The Labute approximate surface area is 174 Å². The van der Waals surface area contributed by atoms with Gasteiger partial charge in [0.2, 0.25) is 5.91 Å². The van der Waals surface area contributed by atoms with Crippen LogP contribution in [0.1, 0.15) is 72.6 Å². The number of nitrogens with zero attached hydrogens (tertiary/aromatic N) is 3. The third kappa shape index (κ3) is 4.06. The minimum absolute atomic E-state index is 0.0443. The van der Waals surface area contributed by atoms with Gasteiger partial charge < -0.3 is 5.32 Å². The van der Waals surface area contributed by atoms with E-state index in [4.69, 9.17) is 0 Å². The predicted octanol–water partition coefficient (Wildman–Crippen LogP) is 5.13. The number of nitrogens with one attached hydrogen (secondary N) is 1. The first-order valence-corrected chi connectivity index (χ1v) is 10.4. The normalized spacial score (nSPS) is 15.0. The van der Waals surface area contributed by atoms with Gasteiger partial charge in [0.05, 0.1) is 17.1 Å². The highest BCUT2D eigenvalue weighted by Gasteiger charge is 2.29. The number of aryl methyl sites for hydroxylation is 2. The van der Waals surface area contributed by atoms with E-state index in [1.807, 2.05) is 38.1 Å². The summed E-state index contributed by atoms with van der Waals surface area (Å²) < 4.78 is 28.9. The molecule has 1 fully saturated rings. The Bertz CT molecular complexity index is 1070. The summed E-state index contributed by atoms with van der Waals surface area (Å²) in [7, 11) is 0. The molecule has 1 N–H and O–H groups in total. The number of hydrogen-bond donors (Lipinski definition) is 1. The molecule has 1 unspecified atom stereocenters. The molecule has 0 radical (unpaired) electrons. The van der Waals surface area contributed by atoms with Crippen LogP contribution in [0.5, 0.6) is 0 Å². The summed E-state index contributed by atoms with van der Waals surface area (Å²) in [6, 6.07) is 9.44. The molecule has 30 heavy (non-hydrogen) atoms. The van der Waals surface area contributed by atoms with Gasteiger partial charge in [-0.2, -0.15) is 5.10 Å². The van der Waals surface area contributed by atoms with E-state index in [2.05, 4.69) is 15.4 Å². The van der Waals surface area contributed by atoms with Crippen LogP contribution in [0.4, 0.5) is 8.78 Å². The van der Waals surface area contributed by atoms with Gasteiger partial charge in [-0.15, -0.1) is 0 Å². The zero-order valence-electron chi connectivity index (χ0n) is 17.5. The Kier molecular flexibility index (Phi) is 5.54. The van der Waals surface area contributed by atoms with Crippen molar-refractivity contribution in [2.24, 2.45) is 0 Å². The smallest absolute Gasteiger partial charge is 0.264 e. The van der Waals surface area contributed by atoms with Gasteiger partial charge in [-0.1, -0.05) is 36.8 Å². The molecule has 0 spiro atoms. The minimum atomic E-state index is -2.61. The topological polar surface area (TPSA) is 59.8 Å². The number of aromatic nitrogens is 3. The van der Waals surface area contributed by atoms with Gasteiger partial charge in [0.1, 0.15) is 6.54 Å². The van der Waals surface area contributed by atoms with E-state index >= 15 is 0 Å². The molecule has 0 aliphatic heterocycles. The first kappa shape index (κ1) is 20.4. The number of amides is 1. The monoisotopic (exact) mass is 412 g/mol. The quantitative estimate of drug-likeness (QED) is 0.585. The number of carbonyl (C=O) groups excluding carboxylic acids is 1. The fourth-order valence-corrected chi connectivity index (χ4v) is 3.87. The molecule has 1 aliphatic carbocycles. The van der Waals surface area contributed by atoms with Crippen LogP contribution < -0.4 is 5.32 Å². The van der Waals surface area contributed by atoms with E-state index < -0.39 is 6.43 Å². The first-order valence-electron chi connectivity index (χ1n) is 10.4. The summed E-state index contributed by atoms with van der Waals surface area (Å²) >= 11 is 0. The second-order valence-corrected chi connectivity index (χ2v) is 8.09. The second kappa shape index (κ2) is 8.13. The third-order valence-electron chi connectivity index (χ3n) is 5.67. The maximum absolute atomic E-state index is 13.7. The van der Waals surface area contributed by atoms with Crippen LogP contribution in [0.3, 0.4) is 0 Å². The molecule has 1 amide bonds. The molecule has 4 rings (SSSR count). The number of benzene rings is 1. The first-order chi connectivity index (χ1) is 14.4. The van der Waals surface area contributed by atoms with E-state index in [-0.39, 0.29) is 30.0 Å². The van der Waals surface area contributed by atoms with Gasteiger partial charge >= 0.3 is 0 Å². The van der Waals surface area contributed by atoms with Crippen molar-refractivity contribution >= 4 is 16.9 Å². The van der Waals surface area contributed by atoms with Crippen LogP contribution in [-0.4, -0.2) is 20.7 Å².